The van der Waals surface area contributed by atoms with E-state index >= 15 is 0 Å². The molecule has 0 amide bonds. The molecule has 0 saturated heterocycles. The first kappa shape index (κ1) is 17.8. The maximum absolute atomic E-state index is 14.1. The summed E-state index contributed by atoms with van der Waals surface area (Å²) in [6, 6.07) is 10.6. The molecule has 3 aromatic rings. The molecular weight excluding hydrogens is 338 g/mol. The molecule has 0 saturated carbocycles. The second kappa shape index (κ2) is 7.09. The number of carboxylic acid groups (broad SMARTS) is 1. The van der Waals surface area contributed by atoms with E-state index in [0.29, 0.717) is 10.9 Å². The predicted octanol–water partition coefficient (Wildman–Crippen LogP) is 4.27. The van der Waals surface area contributed by atoms with Crippen LogP contribution in [0.3, 0.4) is 0 Å². The van der Waals surface area contributed by atoms with Crippen molar-refractivity contribution in [3.8, 4) is 11.1 Å². The van der Waals surface area contributed by atoms with Gasteiger partial charge in [-0.25, -0.2) is 13.6 Å². The van der Waals surface area contributed by atoms with Crippen molar-refractivity contribution in [1.29, 1.82) is 0 Å². The maximum Gasteiger partial charge on any atom is 0.335 e. The van der Waals surface area contributed by atoms with Gasteiger partial charge in [0.05, 0.1) is 12.1 Å². The van der Waals surface area contributed by atoms with Gasteiger partial charge in [-0.2, -0.15) is 0 Å². The summed E-state index contributed by atoms with van der Waals surface area (Å²) in [4.78, 5) is 11.4. The molecule has 3 N–H and O–H groups in total. The number of nitrogens with zero attached hydrogens (tertiary/aromatic N) is 1. The first-order chi connectivity index (χ1) is 12.4. The lowest BCUT2D eigenvalue weighted by molar-refractivity contribution is 0.0697. The van der Waals surface area contributed by atoms with Gasteiger partial charge < -0.3 is 15.4 Å². The van der Waals surface area contributed by atoms with Gasteiger partial charge in [-0.3, -0.25) is 0 Å². The van der Waals surface area contributed by atoms with Gasteiger partial charge in [0.1, 0.15) is 11.6 Å². The predicted molar refractivity (Wildman–Crippen MR) is 97.3 cm³/mol. The number of aromatic carboxylic acids is 1. The quantitative estimate of drug-likeness (QED) is 0.717. The fourth-order valence-electron chi connectivity index (χ4n) is 3.14. The Balaban J connectivity index is 2.28. The maximum atomic E-state index is 14.1. The number of fused-ring (bicyclic) bond motifs is 1. The molecule has 2 aromatic carbocycles. The molecule has 134 valence electrons. The van der Waals surface area contributed by atoms with Crippen LogP contribution in [0.1, 0.15) is 16.1 Å². The Morgan fingerprint density at radius 3 is 2.54 bits per heavy atom. The van der Waals surface area contributed by atoms with E-state index in [1.165, 1.54) is 24.3 Å². The van der Waals surface area contributed by atoms with Crippen LogP contribution < -0.4 is 5.73 Å². The van der Waals surface area contributed by atoms with Gasteiger partial charge in [0, 0.05) is 28.7 Å². The smallest absolute Gasteiger partial charge is 0.335 e. The molecule has 0 atom stereocenters. The fraction of sp³-hybridized carbons (Fsp3) is 0.150. The number of hydrogen-bond donors (Lipinski definition) is 2. The molecule has 0 radical (unpaired) electrons. The lowest BCUT2D eigenvalue weighted by atomic mass is 10.0. The van der Waals surface area contributed by atoms with Gasteiger partial charge in [-0.1, -0.05) is 12.1 Å². The van der Waals surface area contributed by atoms with Gasteiger partial charge in [-0.05, 0) is 48.9 Å². The van der Waals surface area contributed by atoms with Crippen molar-refractivity contribution >= 4 is 16.9 Å². The Bertz CT molecular complexity index is 1000. The van der Waals surface area contributed by atoms with Crippen molar-refractivity contribution < 1.29 is 18.7 Å². The van der Waals surface area contributed by atoms with Crippen LogP contribution in [0.15, 0.2) is 54.4 Å². The van der Waals surface area contributed by atoms with Crippen LogP contribution in [0.25, 0.3) is 22.0 Å². The Morgan fingerprint density at radius 2 is 1.92 bits per heavy atom. The van der Waals surface area contributed by atoms with Crippen molar-refractivity contribution in [2.24, 2.45) is 5.73 Å². The molecule has 0 aliphatic heterocycles. The van der Waals surface area contributed by atoms with E-state index in [1.54, 1.807) is 28.8 Å². The highest BCUT2D eigenvalue weighted by molar-refractivity contribution is 6.02. The van der Waals surface area contributed by atoms with E-state index in [9.17, 15) is 18.7 Å². The minimum atomic E-state index is -1.04. The van der Waals surface area contributed by atoms with Crippen LogP contribution in [0, 0.1) is 12.7 Å². The lowest BCUT2D eigenvalue weighted by Gasteiger charge is -2.08. The largest absolute Gasteiger partial charge is 0.478 e. The van der Waals surface area contributed by atoms with Crippen LogP contribution in [-0.4, -0.2) is 22.2 Å². The zero-order valence-electron chi connectivity index (χ0n) is 14.2. The molecule has 0 unspecified atom stereocenters. The number of allylic oxidation sites excluding steroid dienone is 1. The number of carboxylic acids is 1. The van der Waals surface area contributed by atoms with Crippen molar-refractivity contribution in [3.63, 3.8) is 0 Å². The highest BCUT2D eigenvalue weighted by Gasteiger charge is 2.18. The topological polar surface area (TPSA) is 68.2 Å². The average molecular weight is 356 g/mol. The Hall–Kier alpha value is -2.99. The van der Waals surface area contributed by atoms with Gasteiger partial charge in [0.15, 0.2) is 0 Å². The van der Waals surface area contributed by atoms with Gasteiger partial charge in [0.2, 0.25) is 0 Å². The third-order valence-electron chi connectivity index (χ3n) is 4.35. The van der Waals surface area contributed by atoms with Crippen LogP contribution in [0.2, 0.25) is 0 Å². The zero-order chi connectivity index (χ0) is 18.8. The standard InChI is InChI=1S/C20H18F2N2O2/c1-12-19(13-2-5-15(21)6-3-13)17-10-14(20(25)26)4-7-18(17)24(12)11-16(22)8-9-23/h2-8,10H,9,11,23H2,1H3,(H,25,26)/b16-8-. The monoisotopic (exact) mass is 356 g/mol. The number of aromatic nitrogens is 1. The Kier molecular flexibility index (Phi) is 4.86. The van der Waals surface area contributed by atoms with Crippen LogP contribution >= 0.6 is 0 Å². The molecule has 0 fully saturated rings. The summed E-state index contributed by atoms with van der Waals surface area (Å²) < 4.78 is 29.1. The second-order valence-electron chi connectivity index (χ2n) is 5.98. The minimum Gasteiger partial charge on any atom is -0.478 e. The number of hydrogen-bond acceptors (Lipinski definition) is 2. The van der Waals surface area contributed by atoms with Crippen molar-refractivity contribution in [1.82, 2.24) is 4.57 Å². The SMILES string of the molecule is Cc1c(-c2ccc(F)cc2)c2cc(C(=O)O)ccc2n1C/C(F)=C/CN. The summed E-state index contributed by atoms with van der Waals surface area (Å²) in [6.45, 7) is 1.92. The Morgan fingerprint density at radius 1 is 1.23 bits per heavy atom. The minimum absolute atomic E-state index is 0.00680. The van der Waals surface area contributed by atoms with Crippen LogP contribution in [0.4, 0.5) is 8.78 Å². The number of carbonyl (C=O) groups is 1. The normalized spacial score (nSPS) is 11.9. The molecule has 0 spiro atoms. The van der Waals surface area contributed by atoms with E-state index in [1.807, 2.05) is 6.92 Å². The molecule has 1 heterocycles. The van der Waals surface area contributed by atoms with Crippen molar-refractivity contribution in [3.05, 3.63) is 71.4 Å². The summed E-state index contributed by atoms with van der Waals surface area (Å²) in [5.41, 5.74) is 8.45. The summed E-state index contributed by atoms with van der Waals surface area (Å²) in [7, 11) is 0. The first-order valence-electron chi connectivity index (χ1n) is 8.09. The lowest BCUT2D eigenvalue weighted by Crippen LogP contribution is -2.03. The van der Waals surface area contributed by atoms with Crippen molar-refractivity contribution in [2.45, 2.75) is 13.5 Å². The summed E-state index contributed by atoms with van der Waals surface area (Å²) >= 11 is 0. The molecular formula is C20H18F2N2O2. The van der Waals surface area contributed by atoms with E-state index < -0.39 is 5.97 Å². The highest BCUT2D eigenvalue weighted by Crippen LogP contribution is 2.36. The van der Waals surface area contributed by atoms with E-state index in [2.05, 4.69) is 0 Å². The van der Waals surface area contributed by atoms with Gasteiger partial charge >= 0.3 is 5.97 Å². The molecule has 4 nitrogen and oxygen atoms in total. The Labute approximate surface area is 149 Å². The third kappa shape index (κ3) is 3.23. The molecule has 0 bridgehead atoms. The highest BCUT2D eigenvalue weighted by atomic mass is 19.1. The first-order valence-corrected chi connectivity index (χ1v) is 8.09. The third-order valence-corrected chi connectivity index (χ3v) is 4.35. The molecule has 3 rings (SSSR count). The van der Waals surface area contributed by atoms with Crippen LogP contribution in [0.5, 0.6) is 0 Å². The van der Waals surface area contributed by atoms with Crippen molar-refractivity contribution in [2.75, 3.05) is 6.54 Å². The number of rotatable bonds is 5. The molecule has 1 aromatic heterocycles. The van der Waals surface area contributed by atoms with E-state index in [-0.39, 0.29) is 30.3 Å². The van der Waals surface area contributed by atoms with E-state index in [4.69, 9.17) is 5.73 Å². The number of benzene rings is 2. The average Bonchev–Trinajstić information content (AvgIpc) is 2.87. The molecule has 26 heavy (non-hydrogen) atoms. The zero-order valence-corrected chi connectivity index (χ0v) is 14.2. The van der Waals surface area contributed by atoms with E-state index in [0.717, 1.165) is 16.8 Å². The molecule has 6 heteroatoms. The molecule has 0 aliphatic rings. The van der Waals surface area contributed by atoms with Crippen LogP contribution in [-0.2, 0) is 6.54 Å². The summed E-state index contributed by atoms with van der Waals surface area (Å²) in [5.74, 6) is -1.78. The number of halogens is 2. The second-order valence-corrected chi connectivity index (χ2v) is 5.98. The molecule has 0 aliphatic carbocycles. The summed E-state index contributed by atoms with van der Waals surface area (Å²) in [5, 5.41) is 9.97. The summed E-state index contributed by atoms with van der Waals surface area (Å²) in [6.07, 6.45) is 1.30. The number of nitrogens with two attached hydrogens (primary N) is 1. The van der Waals surface area contributed by atoms with Gasteiger partial charge in [-0.15, -0.1) is 0 Å². The van der Waals surface area contributed by atoms with Gasteiger partial charge in [0.25, 0.3) is 0 Å². The fourth-order valence-corrected chi connectivity index (χ4v) is 3.14.